The smallest absolute Gasteiger partial charge is 0.358 e. The fourth-order valence-electron chi connectivity index (χ4n) is 16.8. The van der Waals surface area contributed by atoms with Gasteiger partial charge in [0.05, 0.1) is 105 Å². The number of carbonyl (C=O) groups excluding carboxylic acids is 8. The number of phenolic OH excluding ortho intramolecular Hbond substituents is 6. The number of esters is 2. The average molecular weight is 1310 g/mol. The summed E-state index contributed by atoms with van der Waals surface area (Å²) < 4.78 is 33.5. The summed E-state index contributed by atoms with van der Waals surface area (Å²) in [6, 6.07) is 4.08. The second kappa shape index (κ2) is 18.3. The molecule has 4 aliphatic heterocycles. The Morgan fingerprint density at radius 3 is 1.16 bits per heavy atom. The Balaban J connectivity index is 0.000000153. The summed E-state index contributed by atoms with van der Waals surface area (Å²) in [5, 5.41) is 155. The number of phenols is 6. The molecule has 8 unspecified atom stereocenters. The maximum atomic E-state index is 14.5. The van der Waals surface area contributed by atoms with Gasteiger partial charge in [0, 0.05) is 24.0 Å². The lowest BCUT2D eigenvalue weighted by Gasteiger charge is -2.43. The topological polar surface area (TPSA) is 482 Å². The molecule has 2 spiro atoms. The quantitative estimate of drug-likeness (QED) is 0.0793. The van der Waals surface area contributed by atoms with Gasteiger partial charge in [0.2, 0.25) is 0 Å². The molecule has 30 heteroatoms. The van der Waals surface area contributed by atoms with E-state index < -0.39 is 277 Å². The molecule has 10 aliphatic carbocycles. The molecule has 92 heavy (non-hydrogen) atoms. The molecule has 14 N–H and O–H groups in total. The fraction of sp³-hybridized carbons (Fsp3) is 0.355. The molecule has 4 saturated carbocycles. The molecule has 0 amide bonds. The Morgan fingerprint density at radius 2 is 0.837 bits per heavy atom. The van der Waals surface area contributed by atoms with Gasteiger partial charge < -0.3 is 99.9 Å². The number of rotatable bonds is 4. The van der Waals surface area contributed by atoms with Gasteiger partial charge in [0.25, 0.3) is 11.2 Å². The summed E-state index contributed by atoms with van der Waals surface area (Å²) in [5.74, 6) is -20.3. The van der Waals surface area contributed by atoms with Crippen LogP contribution in [-0.4, -0.2) is 192 Å². The number of ether oxygens (including phenoxy) is 6. The lowest BCUT2D eigenvalue weighted by atomic mass is 9.56. The summed E-state index contributed by atoms with van der Waals surface area (Å²) in [4.78, 5) is 111. The van der Waals surface area contributed by atoms with Gasteiger partial charge in [0.1, 0.15) is 104 Å². The van der Waals surface area contributed by atoms with Crippen LogP contribution in [0.1, 0.15) is 103 Å². The van der Waals surface area contributed by atoms with Gasteiger partial charge in [-0.1, -0.05) is 23.2 Å². The Hall–Kier alpha value is -9.26. The lowest BCUT2D eigenvalue weighted by Crippen LogP contribution is -2.61. The number of aromatic hydroxyl groups is 6. The molecule has 6 fully saturated rings. The van der Waals surface area contributed by atoms with E-state index in [1.807, 2.05) is 0 Å². The van der Waals surface area contributed by atoms with Crippen molar-refractivity contribution in [1.29, 1.82) is 0 Å². The molecule has 12 atom stereocenters. The van der Waals surface area contributed by atoms with E-state index in [1.165, 1.54) is 0 Å². The number of fused-ring (bicyclic) bond motifs is 6. The molecule has 4 aromatic rings. The predicted molar refractivity (Wildman–Crippen MR) is 301 cm³/mol. The molecule has 4 bridgehead atoms. The Kier molecular flexibility index (Phi) is 11.7. The molecule has 18 rings (SSSR count). The van der Waals surface area contributed by atoms with E-state index in [0.29, 0.717) is 0 Å². The molecule has 2 saturated heterocycles. The van der Waals surface area contributed by atoms with E-state index in [0.717, 1.165) is 38.5 Å². The number of halogens is 2. The van der Waals surface area contributed by atoms with E-state index in [2.05, 4.69) is 0 Å². The minimum absolute atomic E-state index is 0.132. The highest BCUT2D eigenvalue weighted by molar-refractivity contribution is 6.35. The van der Waals surface area contributed by atoms with Crippen LogP contribution in [0.25, 0.3) is 23.0 Å². The first kappa shape index (κ1) is 59.1. The molecular formula is C62H46Cl2O28. The summed E-state index contributed by atoms with van der Waals surface area (Å²) in [6.45, 7) is -1.72. The fourth-order valence-corrected chi connectivity index (χ4v) is 17.4. The first-order valence-electron chi connectivity index (χ1n) is 28.2. The molecular weight excluding hydrogens is 1260 g/mol. The van der Waals surface area contributed by atoms with Crippen molar-refractivity contribution in [1.82, 2.24) is 0 Å². The third-order valence-corrected chi connectivity index (χ3v) is 21.5. The monoisotopic (exact) mass is 1310 g/mol. The number of methoxy groups -OCH3 is 2. The van der Waals surface area contributed by atoms with Gasteiger partial charge >= 0.3 is 11.9 Å². The highest BCUT2D eigenvalue weighted by Gasteiger charge is 2.84. The highest BCUT2D eigenvalue weighted by Crippen LogP contribution is 2.75. The first-order chi connectivity index (χ1) is 43.5. The number of hydrogen-bond donors (Lipinski definition) is 14. The molecule has 476 valence electrons. The van der Waals surface area contributed by atoms with Crippen LogP contribution in [0.4, 0.5) is 0 Å². The number of benzene rings is 4. The maximum Gasteiger partial charge on any atom is 0.358 e. The van der Waals surface area contributed by atoms with Gasteiger partial charge in [-0.15, -0.1) is 0 Å². The van der Waals surface area contributed by atoms with Crippen molar-refractivity contribution in [2.24, 2.45) is 10.8 Å². The molecule has 14 aliphatic rings. The highest BCUT2D eigenvalue weighted by atomic mass is 35.5. The lowest BCUT2D eigenvalue weighted by molar-refractivity contribution is -0.170. The molecule has 4 heterocycles. The van der Waals surface area contributed by atoms with Crippen molar-refractivity contribution in [2.75, 3.05) is 27.4 Å². The van der Waals surface area contributed by atoms with Crippen LogP contribution in [0.2, 0.25) is 10.0 Å². The summed E-state index contributed by atoms with van der Waals surface area (Å²) >= 11 is 13.8. The standard InChI is InChI=1S/2C31H23ClO14/c2*1-44-28(43)31-12(37)5-4-11(36)17(31)23(40)16-21(38)13-8(20(32)25(16)45-31)6-29-19(24(41)18(13)30(7-33)27(29)46-30)22(39)14-9(34)2-3-10(35)15(14)26(29)42/h2*2-3,12,18,27,33-35,37-40H,4-7H2,1H3/t2*12-,18?,27?,29?,30?,31-/m11/s1. The van der Waals surface area contributed by atoms with Crippen molar-refractivity contribution in [3.63, 3.8) is 0 Å². The Morgan fingerprint density at radius 1 is 0.511 bits per heavy atom. The number of aliphatic hydroxyl groups is 8. The number of epoxide rings is 2. The van der Waals surface area contributed by atoms with E-state index in [4.69, 9.17) is 51.6 Å². The Labute approximate surface area is 522 Å². The largest absolute Gasteiger partial charge is 0.507 e. The third kappa shape index (κ3) is 6.24. The van der Waals surface area contributed by atoms with Gasteiger partial charge in [-0.25, -0.2) is 9.59 Å². The zero-order valence-electron chi connectivity index (χ0n) is 47.2. The molecule has 28 nitrogen and oxygen atoms in total. The maximum absolute atomic E-state index is 14.5. The SMILES string of the molecule is COC(=O)[C@]12Oc3c(Cl)c4c(c(O)c3C(O)=C1C(=O)CC[C@H]2O)C1C(=O)C2=C(O)c3c(O)ccc(O)c3C(=O)C2(C4)C2OC12CO.COC(=O)[C@]12Oc3c(Cl)c4c(c(O)c3C(O)=C1C(=O)CC[C@H]2O)C1C(=O)C2=C(O)c3c(O)ccc(O)c3C(=O)C2(C4)C2OC12CO. The number of hydrogen-bond acceptors (Lipinski definition) is 28. The number of carbonyl (C=O) groups is 8. The van der Waals surface area contributed by atoms with E-state index >= 15 is 0 Å². The number of Topliss-reactive ketones (excluding diaryl/α,β-unsaturated/α-hetero) is 6. The van der Waals surface area contributed by atoms with Crippen molar-refractivity contribution >= 4 is 92.9 Å². The zero-order chi connectivity index (χ0) is 66.0. The number of ketones is 6. The summed E-state index contributed by atoms with van der Waals surface area (Å²) in [6.07, 6.45) is -8.39. The van der Waals surface area contributed by atoms with Crippen molar-refractivity contribution in [3.05, 3.63) is 112 Å². The van der Waals surface area contributed by atoms with Crippen LogP contribution >= 0.6 is 23.2 Å². The van der Waals surface area contributed by atoms with Crippen molar-refractivity contribution in [2.45, 2.75) is 97.2 Å². The zero-order valence-corrected chi connectivity index (χ0v) is 48.7. The average Bonchev–Trinajstić information content (AvgIpc) is 1.46. The summed E-state index contributed by atoms with van der Waals surface area (Å²) in [7, 11) is 1.94. The Bertz CT molecular complexity index is 4270. The minimum atomic E-state index is -2.59. The van der Waals surface area contributed by atoms with Crippen LogP contribution < -0.4 is 9.47 Å². The van der Waals surface area contributed by atoms with Crippen molar-refractivity contribution < 1.29 is 138 Å². The second-order valence-electron chi connectivity index (χ2n) is 24.5. The minimum Gasteiger partial charge on any atom is -0.507 e. The van der Waals surface area contributed by atoms with Gasteiger partial charge in [-0.2, -0.15) is 0 Å². The molecule has 0 radical (unpaired) electrons. The summed E-state index contributed by atoms with van der Waals surface area (Å²) in [5.41, 5.74) is -19.8. The van der Waals surface area contributed by atoms with E-state index in [1.54, 1.807) is 0 Å². The predicted octanol–water partition coefficient (Wildman–Crippen LogP) is 2.52. The molecule has 4 aromatic carbocycles. The van der Waals surface area contributed by atoms with Crippen LogP contribution in [0.15, 0.2) is 46.6 Å². The van der Waals surface area contributed by atoms with E-state index in [-0.39, 0.29) is 47.9 Å². The van der Waals surface area contributed by atoms with E-state index in [9.17, 15) is 110 Å². The van der Waals surface area contributed by atoms with Crippen molar-refractivity contribution in [3.8, 4) is 46.0 Å². The van der Waals surface area contributed by atoms with Gasteiger partial charge in [0.15, 0.2) is 46.2 Å². The van der Waals surface area contributed by atoms with Crippen LogP contribution in [0.3, 0.4) is 0 Å². The first-order valence-corrected chi connectivity index (χ1v) is 29.0. The van der Waals surface area contributed by atoms with Gasteiger partial charge in [-0.3, -0.25) is 28.8 Å². The van der Waals surface area contributed by atoms with Gasteiger partial charge in [-0.05, 0) is 61.1 Å². The molecule has 0 aromatic heterocycles. The number of aliphatic hydroxyl groups excluding tert-OH is 8. The van der Waals surface area contributed by atoms with Crippen LogP contribution in [-0.2, 0) is 60.6 Å². The second-order valence-corrected chi connectivity index (χ2v) is 25.3. The van der Waals surface area contributed by atoms with Crippen LogP contribution in [0, 0.1) is 10.8 Å². The van der Waals surface area contributed by atoms with Crippen LogP contribution in [0.5, 0.6) is 46.0 Å². The normalized spacial score (nSPS) is 33.2. The third-order valence-electron chi connectivity index (χ3n) is 20.7.